The molecule has 0 spiro atoms. The molecule has 1 atom stereocenters. The molecule has 2 N–H and O–H groups in total. The molecule has 1 saturated heterocycles. The molecule has 0 bridgehead atoms. The van der Waals surface area contributed by atoms with Gasteiger partial charge in [-0.1, -0.05) is 18.2 Å². The Hall–Kier alpha value is -2.61. The molecule has 1 unspecified atom stereocenters. The number of hydrogen-bond donors (Lipinski definition) is 2. The smallest absolute Gasteiger partial charge is 0.191 e. The first kappa shape index (κ1) is 21.1. The molecule has 8 nitrogen and oxygen atoms in total. The topological polar surface area (TPSA) is 79.6 Å². The van der Waals surface area contributed by atoms with E-state index in [2.05, 4.69) is 56.1 Å². The van der Waals surface area contributed by atoms with Crippen LogP contribution in [0.25, 0.3) is 0 Å². The average molecular weight is 400 g/mol. The Kier molecular flexibility index (Phi) is 7.86. The Morgan fingerprint density at radius 2 is 2.10 bits per heavy atom. The van der Waals surface area contributed by atoms with Crippen molar-refractivity contribution in [3.05, 3.63) is 42.0 Å². The van der Waals surface area contributed by atoms with E-state index >= 15 is 0 Å². The first-order valence-corrected chi connectivity index (χ1v) is 10.4. The van der Waals surface area contributed by atoms with Gasteiger partial charge in [0, 0.05) is 51.6 Å². The van der Waals surface area contributed by atoms with E-state index in [-0.39, 0.29) is 0 Å². The highest BCUT2D eigenvalue weighted by Crippen LogP contribution is 2.19. The Morgan fingerprint density at radius 3 is 2.83 bits per heavy atom. The van der Waals surface area contributed by atoms with Crippen molar-refractivity contribution in [1.82, 2.24) is 25.4 Å². The lowest BCUT2D eigenvalue weighted by Crippen LogP contribution is -2.45. The van der Waals surface area contributed by atoms with Crippen LogP contribution < -0.4 is 15.5 Å². The summed E-state index contributed by atoms with van der Waals surface area (Å²) in [5.74, 6) is 2.57. The van der Waals surface area contributed by atoms with Crippen molar-refractivity contribution in [2.45, 2.75) is 39.3 Å². The predicted octanol–water partition coefficient (Wildman–Crippen LogP) is 1.86. The van der Waals surface area contributed by atoms with Crippen LogP contribution in [0.1, 0.15) is 31.4 Å². The SMILES string of the molecule is CCOCCCNC(=NCc1nnc(C)n1C)NC1CCN(c2ccccc2)C1. The zero-order valence-corrected chi connectivity index (χ0v) is 17.8. The lowest BCUT2D eigenvalue weighted by molar-refractivity contribution is 0.145. The van der Waals surface area contributed by atoms with Crippen LogP contribution in [0.3, 0.4) is 0 Å². The summed E-state index contributed by atoms with van der Waals surface area (Å²) in [5.41, 5.74) is 1.27. The molecule has 1 fully saturated rings. The average Bonchev–Trinajstić information content (AvgIpc) is 3.34. The lowest BCUT2D eigenvalue weighted by Gasteiger charge is -2.20. The quantitative estimate of drug-likeness (QED) is 0.381. The predicted molar refractivity (Wildman–Crippen MR) is 116 cm³/mol. The summed E-state index contributed by atoms with van der Waals surface area (Å²) in [7, 11) is 1.97. The standard InChI is InChI=1S/C21H33N7O/c1-4-29-14-8-12-22-21(23-15-20-26-25-17(2)27(20)3)24-18-11-13-28(16-18)19-9-6-5-7-10-19/h5-7,9-10,18H,4,8,11-16H2,1-3H3,(H2,22,23,24). The third-order valence-electron chi connectivity index (χ3n) is 5.17. The van der Waals surface area contributed by atoms with Crippen molar-refractivity contribution < 1.29 is 4.74 Å². The maximum absolute atomic E-state index is 5.43. The van der Waals surface area contributed by atoms with Gasteiger partial charge in [0.2, 0.25) is 0 Å². The maximum atomic E-state index is 5.43. The largest absolute Gasteiger partial charge is 0.382 e. The van der Waals surface area contributed by atoms with Crippen LogP contribution in [0.15, 0.2) is 35.3 Å². The van der Waals surface area contributed by atoms with Crippen LogP contribution in [-0.4, -0.2) is 59.6 Å². The number of nitrogens with zero attached hydrogens (tertiary/aromatic N) is 5. The molecule has 158 valence electrons. The maximum Gasteiger partial charge on any atom is 0.191 e. The molecule has 3 rings (SSSR count). The summed E-state index contributed by atoms with van der Waals surface area (Å²) in [4.78, 5) is 7.17. The molecule has 1 aliphatic heterocycles. The van der Waals surface area contributed by atoms with E-state index in [1.54, 1.807) is 0 Å². The molecule has 2 aromatic rings. The van der Waals surface area contributed by atoms with E-state index in [9.17, 15) is 0 Å². The Balaban J connectivity index is 1.58. The second-order valence-corrected chi connectivity index (χ2v) is 7.28. The van der Waals surface area contributed by atoms with Crippen molar-refractivity contribution in [3.8, 4) is 0 Å². The first-order valence-electron chi connectivity index (χ1n) is 10.4. The third kappa shape index (κ3) is 6.19. The molecule has 0 aliphatic carbocycles. The highest BCUT2D eigenvalue weighted by atomic mass is 16.5. The number of hydrogen-bond acceptors (Lipinski definition) is 5. The van der Waals surface area contributed by atoms with Crippen molar-refractivity contribution in [2.24, 2.45) is 12.0 Å². The van der Waals surface area contributed by atoms with Crippen LogP contribution in [0.4, 0.5) is 5.69 Å². The minimum Gasteiger partial charge on any atom is -0.382 e. The van der Waals surface area contributed by atoms with Gasteiger partial charge < -0.3 is 24.8 Å². The van der Waals surface area contributed by atoms with Crippen LogP contribution in [0, 0.1) is 6.92 Å². The van der Waals surface area contributed by atoms with Crippen LogP contribution in [0.5, 0.6) is 0 Å². The van der Waals surface area contributed by atoms with Crippen LogP contribution >= 0.6 is 0 Å². The van der Waals surface area contributed by atoms with E-state index in [4.69, 9.17) is 9.73 Å². The number of aryl methyl sites for hydroxylation is 1. The minimum atomic E-state index is 0.356. The number of rotatable bonds is 9. The summed E-state index contributed by atoms with van der Waals surface area (Å²) < 4.78 is 7.41. The molecule has 2 heterocycles. The summed E-state index contributed by atoms with van der Waals surface area (Å²) in [6, 6.07) is 10.9. The molecule has 8 heteroatoms. The van der Waals surface area contributed by atoms with Gasteiger partial charge in [-0.05, 0) is 38.8 Å². The van der Waals surface area contributed by atoms with Gasteiger partial charge in [0.1, 0.15) is 12.4 Å². The molecule has 1 aromatic heterocycles. The fourth-order valence-electron chi connectivity index (χ4n) is 3.36. The van der Waals surface area contributed by atoms with Gasteiger partial charge >= 0.3 is 0 Å². The number of ether oxygens (including phenoxy) is 1. The zero-order chi connectivity index (χ0) is 20.5. The van der Waals surface area contributed by atoms with Crippen LogP contribution in [0.2, 0.25) is 0 Å². The van der Waals surface area contributed by atoms with E-state index in [0.717, 1.165) is 63.3 Å². The van der Waals surface area contributed by atoms with E-state index in [1.165, 1.54) is 5.69 Å². The number of guanidine groups is 1. The number of benzene rings is 1. The number of anilines is 1. The summed E-state index contributed by atoms with van der Waals surface area (Å²) >= 11 is 0. The van der Waals surface area contributed by atoms with Gasteiger partial charge in [-0.15, -0.1) is 10.2 Å². The van der Waals surface area contributed by atoms with E-state index < -0.39 is 0 Å². The lowest BCUT2D eigenvalue weighted by atomic mass is 10.2. The zero-order valence-electron chi connectivity index (χ0n) is 17.8. The Labute approximate surface area is 173 Å². The van der Waals surface area contributed by atoms with Gasteiger partial charge in [-0.2, -0.15) is 0 Å². The van der Waals surface area contributed by atoms with E-state index in [1.807, 2.05) is 25.5 Å². The molecule has 0 saturated carbocycles. The molecular formula is C21H33N7O. The monoisotopic (exact) mass is 399 g/mol. The molecule has 1 aliphatic rings. The second-order valence-electron chi connectivity index (χ2n) is 7.28. The van der Waals surface area contributed by atoms with Crippen molar-refractivity contribution in [3.63, 3.8) is 0 Å². The number of aliphatic imine (C=N–C) groups is 1. The summed E-state index contributed by atoms with van der Waals surface area (Å²) in [6.45, 7) is 8.79. The molecule has 29 heavy (non-hydrogen) atoms. The number of aromatic nitrogens is 3. The van der Waals surface area contributed by atoms with Crippen molar-refractivity contribution >= 4 is 11.6 Å². The van der Waals surface area contributed by atoms with Gasteiger partial charge in [0.05, 0.1) is 0 Å². The molecule has 0 radical (unpaired) electrons. The van der Waals surface area contributed by atoms with Gasteiger partial charge in [0.25, 0.3) is 0 Å². The van der Waals surface area contributed by atoms with Crippen LogP contribution in [-0.2, 0) is 18.3 Å². The van der Waals surface area contributed by atoms with E-state index in [0.29, 0.717) is 12.6 Å². The fourth-order valence-corrected chi connectivity index (χ4v) is 3.36. The Bertz CT molecular complexity index is 775. The molecular weight excluding hydrogens is 366 g/mol. The number of para-hydroxylation sites is 1. The third-order valence-corrected chi connectivity index (χ3v) is 5.17. The molecule has 1 aromatic carbocycles. The summed E-state index contributed by atoms with van der Waals surface area (Å²) in [5, 5.41) is 15.4. The van der Waals surface area contributed by atoms with Crippen molar-refractivity contribution in [1.29, 1.82) is 0 Å². The summed E-state index contributed by atoms with van der Waals surface area (Å²) in [6.07, 6.45) is 2.02. The fraction of sp³-hybridized carbons (Fsp3) is 0.571. The highest BCUT2D eigenvalue weighted by Gasteiger charge is 2.23. The number of nitrogens with one attached hydrogen (secondary N) is 2. The Morgan fingerprint density at radius 1 is 1.28 bits per heavy atom. The second kappa shape index (κ2) is 10.8. The normalized spacial score (nSPS) is 17.0. The van der Waals surface area contributed by atoms with Gasteiger partial charge in [0.15, 0.2) is 11.8 Å². The highest BCUT2D eigenvalue weighted by molar-refractivity contribution is 5.80. The van der Waals surface area contributed by atoms with Gasteiger partial charge in [-0.3, -0.25) is 0 Å². The minimum absolute atomic E-state index is 0.356. The van der Waals surface area contributed by atoms with Gasteiger partial charge in [-0.25, -0.2) is 4.99 Å². The molecule has 0 amide bonds. The van der Waals surface area contributed by atoms with Crippen molar-refractivity contribution in [2.75, 3.05) is 37.7 Å². The first-order chi connectivity index (χ1) is 14.2.